The third kappa shape index (κ3) is 5.16. The van der Waals surface area contributed by atoms with Crippen LogP contribution in [0.2, 0.25) is 0 Å². The highest BCUT2D eigenvalue weighted by atomic mass is 32.1. The summed E-state index contributed by atoms with van der Waals surface area (Å²) in [5, 5.41) is 29.7. The lowest BCUT2D eigenvalue weighted by atomic mass is 9.77. The van der Waals surface area contributed by atoms with Crippen LogP contribution in [0.15, 0.2) is 42.2 Å². The lowest BCUT2D eigenvalue weighted by Crippen LogP contribution is -2.20. The number of anilines is 1. The number of nitrogens with zero attached hydrogens (tertiary/aromatic N) is 5. The van der Waals surface area contributed by atoms with Gasteiger partial charge in [-0.3, -0.25) is 9.36 Å². The van der Waals surface area contributed by atoms with Gasteiger partial charge in [-0.05, 0) is 42.7 Å². The zero-order chi connectivity index (χ0) is 25.0. The molecule has 1 N–H and O–H groups in total. The third-order valence-electron chi connectivity index (χ3n) is 5.61. The van der Waals surface area contributed by atoms with E-state index in [9.17, 15) is 10.1 Å². The van der Waals surface area contributed by atoms with E-state index < -0.39 is 0 Å². The number of hydrogen-bond donors (Lipinski definition) is 1. The van der Waals surface area contributed by atoms with Crippen LogP contribution in [0.4, 0.5) is 5.00 Å². The highest BCUT2D eigenvalue weighted by Gasteiger charge is 2.33. The average molecular weight is 485 g/mol. The maximum Gasteiger partial charge on any atom is 0.245 e. The van der Waals surface area contributed by atoms with Crippen molar-refractivity contribution in [1.29, 1.82) is 10.5 Å². The molecule has 1 aliphatic rings. The summed E-state index contributed by atoms with van der Waals surface area (Å²) in [6.07, 6.45) is 8.29. The van der Waals surface area contributed by atoms with Crippen LogP contribution in [0.25, 0.3) is 12.2 Å². The molecule has 0 saturated carbocycles. The van der Waals surface area contributed by atoms with E-state index in [1.165, 1.54) is 22.2 Å². The number of allylic oxidation sites excluding steroid dienone is 2. The summed E-state index contributed by atoms with van der Waals surface area (Å²) in [5.74, 6) is 0.542. The predicted molar refractivity (Wildman–Crippen MR) is 135 cm³/mol. The maximum absolute atomic E-state index is 12.6. The first-order chi connectivity index (χ1) is 16.8. The molecule has 1 aliphatic carbocycles. The molecule has 1 aromatic carbocycles. The zero-order valence-electron chi connectivity index (χ0n) is 19.7. The smallest absolute Gasteiger partial charge is 0.245 e. The van der Waals surface area contributed by atoms with Crippen molar-refractivity contribution in [2.45, 2.75) is 39.2 Å². The van der Waals surface area contributed by atoms with E-state index in [0.29, 0.717) is 17.2 Å². The first-order valence-corrected chi connectivity index (χ1v) is 11.9. The molecular weight excluding hydrogens is 460 g/mol. The second kappa shape index (κ2) is 9.96. The molecule has 176 valence electrons. The Kier molecular flexibility index (Phi) is 6.81. The van der Waals surface area contributed by atoms with Crippen LogP contribution in [0.5, 0.6) is 5.75 Å². The molecule has 0 fully saturated rings. The third-order valence-corrected chi connectivity index (χ3v) is 7.10. The van der Waals surface area contributed by atoms with Crippen molar-refractivity contribution in [1.82, 2.24) is 14.8 Å². The van der Waals surface area contributed by atoms with E-state index in [1.54, 1.807) is 0 Å². The normalized spacial score (nSPS) is 14.0. The molecule has 0 saturated heterocycles. The topological polar surface area (TPSA) is 117 Å². The zero-order valence-corrected chi connectivity index (χ0v) is 20.5. The molecule has 2 heterocycles. The van der Waals surface area contributed by atoms with Crippen LogP contribution < -0.4 is 10.1 Å². The second-order valence-electron chi connectivity index (χ2n) is 8.72. The van der Waals surface area contributed by atoms with Crippen molar-refractivity contribution in [2.24, 2.45) is 0 Å². The van der Waals surface area contributed by atoms with Gasteiger partial charge in [-0.1, -0.05) is 38.1 Å². The van der Waals surface area contributed by atoms with Gasteiger partial charge in [-0.25, -0.2) is 0 Å². The summed E-state index contributed by atoms with van der Waals surface area (Å²) < 4.78 is 6.86. The molecule has 3 aromatic rings. The highest BCUT2D eigenvalue weighted by molar-refractivity contribution is 7.17. The minimum absolute atomic E-state index is 0.0548. The van der Waals surface area contributed by atoms with Crippen LogP contribution in [0.1, 0.15) is 54.6 Å². The molecule has 0 radical (unpaired) electrons. The lowest BCUT2D eigenvalue weighted by Gasteiger charge is -2.29. The van der Waals surface area contributed by atoms with Gasteiger partial charge in [0.2, 0.25) is 11.7 Å². The number of rotatable bonds is 7. The van der Waals surface area contributed by atoms with Crippen LogP contribution in [0.3, 0.4) is 0 Å². The number of aromatic nitrogens is 3. The van der Waals surface area contributed by atoms with Gasteiger partial charge in [0.05, 0.1) is 12.2 Å². The average Bonchev–Trinajstić information content (AvgIpc) is 3.42. The fourth-order valence-corrected chi connectivity index (χ4v) is 5.29. The molecule has 35 heavy (non-hydrogen) atoms. The largest absolute Gasteiger partial charge is 0.494 e. The number of ether oxygens (including phenoxy) is 1. The molecular formula is C26H24N6O2S. The van der Waals surface area contributed by atoms with Gasteiger partial charge in [0.25, 0.3) is 0 Å². The van der Waals surface area contributed by atoms with Crippen molar-refractivity contribution in [3.63, 3.8) is 0 Å². The van der Waals surface area contributed by atoms with Gasteiger partial charge in [-0.2, -0.15) is 10.5 Å². The Morgan fingerprint density at radius 2 is 2.03 bits per heavy atom. The SMILES string of the molecule is CCOc1ccc(C=CC2=Cc3c(sc(NC(=O)Cn4cnnc4C#N)c3C#N)C(C)(C)C2)cc1. The molecule has 0 aliphatic heterocycles. The number of hydrogen-bond acceptors (Lipinski definition) is 7. The van der Waals surface area contributed by atoms with Gasteiger partial charge in [0.1, 0.15) is 35.8 Å². The maximum atomic E-state index is 12.6. The number of amides is 1. The molecule has 9 heteroatoms. The van der Waals surface area contributed by atoms with Crippen molar-refractivity contribution in [2.75, 3.05) is 11.9 Å². The van der Waals surface area contributed by atoms with Gasteiger partial charge in [0, 0.05) is 15.9 Å². The minimum atomic E-state index is -0.353. The summed E-state index contributed by atoms with van der Waals surface area (Å²) in [5.41, 5.74) is 3.25. The van der Waals surface area contributed by atoms with Crippen molar-refractivity contribution < 1.29 is 9.53 Å². The van der Waals surface area contributed by atoms with Crippen molar-refractivity contribution in [3.05, 3.63) is 69.6 Å². The minimum Gasteiger partial charge on any atom is -0.494 e. The summed E-state index contributed by atoms with van der Waals surface area (Å²) in [6, 6.07) is 12.1. The van der Waals surface area contributed by atoms with Crippen LogP contribution in [0, 0.1) is 22.7 Å². The number of benzene rings is 1. The Morgan fingerprint density at radius 3 is 2.71 bits per heavy atom. The molecule has 8 nitrogen and oxygen atoms in total. The Balaban J connectivity index is 1.58. The molecule has 2 aromatic heterocycles. The summed E-state index contributed by atoms with van der Waals surface area (Å²) >= 11 is 1.42. The van der Waals surface area contributed by atoms with Gasteiger partial charge >= 0.3 is 0 Å². The summed E-state index contributed by atoms with van der Waals surface area (Å²) in [6.45, 7) is 6.76. The first kappa shape index (κ1) is 23.9. The van der Waals surface area contributed by atoms with E-state index >= 15 is 0 Å². The van der Waals surface area contributed by atoms with Gasteiger partial charge in [-0.15, -0.1) is 21.5 Å². The van der Waals surface area contributed by atoms with E-state index in [2.05, 4.69) is 47.6 Å². The van der Waals surface area contributed by atoms with E-state index in [0.717, 1.165) is 33.7 Å². The van der Waals surface area contributed by atoms with Crippen molar-refractivity contribution >= 4 is 34.4 Å². The number of thiophene rings is 1. The first-order valence-electron chi connectivity index (χ1n) is 11.1. The molecule has 0 spiro atoms. The lowest BCUT2D eigenvalue weighted by molar-refractivity contribution is -0.116. The fourth-order valence-electron chi connectivity index (χ4n) is 4.04. The molecule has 4 rings (SSSR count). The summed E-state index contributed by atoms with van der Waals surface area (Å²) in [4.78, 5) is 13.7. The van der Waals surface area contributed by atoms with Crippen molar-refractivity contribution in [3.8, 4) is 17.9 Å². The number of carbonyl (C=O) groups is 1. The van der Waals surface area contributed by atoms with Crippen LogP contribution in [-0.4, -0.2) is 27.3 Å². The number of nitrogens with one attached hydrogen (secondary N) is 1. The van der Waals surface area contributed by atoms with E-state index in [-0.39, 0.29) is 23.7 Å². The molecule has 0 unspecified atom stereocenters. The summed E-state index contributed by atoms with van der Waals surface area (Å²) in [7, 11) is 0. The Labute approximate surface area is 207 Å². The van der Waals surface area contributed by atoms with Crippen LogP contribution in [-0.2, 0) is 16.8 Å². The standard InChI is InChI=1S/C26H24N6O2S/c1-4-34-19-9-7-17(8-10-19)5-6-18-11-20-21(13-27)25(35-24(20)26(2,3)12-18)30-23(33)15-32-16-29-31-22(32)14-28/h5-11,16H,4,12,15H2,1-3H3,(H,30,33). The number of carbonyl (C=O) groups excluding carboxylic acids is 1. The highest BCUT2D eigenvalue weighted by Crippen LogP contribution is 2.47. The van der Waals surface area contributed by atoms with Crippen LogP contribution >= 0.6 is 11.3 Å². The quantitative estimate of drug-likeness (QED) is 0.510. The molecule has 0 atom stereocenters. The second-order valence-corrected chi connectivity index (χ2v) is 9.74. The van der Waals surface area contributed by atoms with E-state index in [1.807, 2.05) is 43.3 Å². The van der Waals surface area contributed by atoms with Gasteiger partial charge < -0.3 is 10.1 Å². The molecule has 0 bridgehead atoms. The molecule has 1 amide bonds. The van der Waals surface area contributed by atoms with E-state index in [4.69, 9.17) is 10.00 Å². The Morgan fingerprint density at radius 1 is 1.26 bits per heavy atom. The van der Waals surface area contributed by atoms with Gasteiger partial charge in [0.15, 0.2) is 0 Å². The Bertz CT molecular complexity index is 1400. The number of nitriles is 2. The number of fused-ring (bicyclic) bond motifs is 1. The predicted octanol–water partition coefficient (Wildman–Crippen LogP) is 4.90. The monoisotopic (exact) mass is 484 g/mol. The Hall–Kier alpha value is -4.21. The fraction of sp³-hybridized carbons (Fsp3) is 0.269.